The summed E-state index contributed by atoms with van der Waals surface area (Å²) in [6.45, 7) is -1.49. The van der Waals surface area contributed by atoms with Crippen LogP contribution in [0.15, 0.2) is 0 Å². The molecule has 4 bridgehead atoms. The molecule has 0 aromatic carbocycles. The lowest BCUT2D eigenvalue weighted by atomic mass is 9.97. The molecule has 0 spiro atoms. The van der Waals surface area contributed by atoms with Crippen LogP contribution in [0.3, 0.4) is 0 Å². The van der Waals surface area contributed by atoms with Crippen LogP contribution in [0.4, 0.5) is 0 Å². The van der Waals surface area contributed by atoms with Crippen molar-refractivity contribution in [2.24, 2.45) is 0 Å². The van der Waals surface area contributed by atoms with Crippen LogP contribution < -0.4 is 0 Å². The first kappa shape index (κ1) is 35.0. The minimum absolute atomic E-state index is 0.0542. The smallest absolute Gasteiger partial charge is 0.191 e. The highest BCUT2D eigenvalue weighted by atomic mass is 16.8. The van der Waals surface area contributed by atoms with Crippen molar-refractivity contribution in [2.75, 3.05) is 40.8 Å². The van der Waals surface area contributed by atoms with Gasteiger partial charge in [-0.2, -0.15) is 0 Å². The molecule has 266 valence electrons. The van der Waals surface area contributed by atoms with Crippen molar-refractivity contribution < 1.29 is 97.7 Å². The van der Waals surface area contributed by atoms with Crippen molar-refractivity contribution in [3.05, 3.63) is 0 Å². The molecule has 0 radical (unpaired) electrons. The molecule has 20 nitrogen and oxygen atoms in total. The quantitative estimate of drug-likeness (QED) is 0.0946. The second kappa shape index (κ2) is 14.6. The summed E-state index contributed by atoms with van der Waals surface area (Å²) in [5.74, 6) is 0. The lowest BCUT2D eigenvalue weighted by molar-refractivity contribution is -0.398. The van der Waals surface area contributed by atoms with Crippen molar-refractivity contribution in [3.63, 3.8) is 0 Å². The Labute approximate surface area is 262 Å². The molecule has 6 aliphatic rings. The Balaban J connectivity index is 1.13. The number of hydrogen-bond donors (Lipinski definition) is 8. The van der Waals surface area contributed by atoms with Crippen LogP contribution in [0, 0.1) is 0 Å². The van der Waals surface area contributed by atoms with E-state index in [0.717, 1.165) is 0 Å². The molecule has 46 heavy (non-hydrogen) atoms. The minimum Gasteiger partial charge on any atom is -0.394 e. The van der Waals surface area contributed by atoms with Crippen molar-refractivity contribution in [3.8, 4) is 0 Å². The Kier molecular flexibility index (Phi) is 11.1. The van der Waals surface area contributed by atoms with Gasteiger partial charge in [-0.05, 0) is 0 Å². The Morgan fingerprint density at radius 1 is 0.522 bits per heavy atom. The Morgan fingerprint density at radius 2 is 1.02 bits per heavy atom. The van der Waals surface area contributed by atoms with Crippen molar-refractivity contribution in [1.29, 1.82) is 0 Å². The lowest BCUT2D eigenvalue weighted by Crippen LogP contribution is -2.65. The number of fused-ring (bicyclic) bond motifs is 4. The van der Waals surface area contributed by atoms with Crippen molar-refractivity contribution in [1.82, 2.24) is 0 Å². The predicted octanol–water partition coefficient (Wildman–Crippen LogP) is -6.42. The largest absolute Gasteiger partial charge is 0.394 e. The second-order valence-corrected chi connectivity index (χ2v) is 11.8. The molecule has 20 heteroatoms. The molecular formula is C26H42O20. The number of aliphatic hydroxyl groups excluding tert-OH is 8. The van der Waals surface area contributed by atoms with Gasteiger partial charge in [-0.3, -0.25) is 0 Å². The Bertz CT molecular complexity index is 995. The van der Waals surface area contributed by atoms with Crippen molar-refractivity contribution in [2.45, 2.75) is 123 Å². The molecule has 8 N–H and O–H groups in total. The zero-order valence-corrected chi connectivity index (χ0v) is 24.9. The van der Waals surface area contributed by atoms with Gasteiger partial charge in [-0.15, -0.1) is 0 Å². The summed E-state index contributed by atoms with van der Waals surface area (Å²) in [7, 11) is 2.62. The van der Waals surface area contributed by atoms with Crippen LogP contribution in [0.25, 0.3) is 0 Å². The van der Waals surface area contributed by atoms with Crippen LogP contribution >= 0.6 is 0 Å². The van der Waals surface area contributed by atoms with Gasteiger partial charge in [0.2, 0.25) is 0 Å². The molecule has 6 rings (SSSR count). The number of rotatable bonds is 11. The molecule has 0 aromatic rings. The average Bonchev–Trinajstić information content (AvgIpc) is 3.52. The molecule has 0 amide bonds. The molecule has 0 aliphatic carbocycles. The number of methoxy groups -OCH3 is 2. The van der Waals surface area contributed by atoms with E-state index in [4.69, 9.17) is 56.8 Å². The number of aliphatic hydroxyl groups is 8. The van der Waals surface area contributed by atoms with Crippen LogP contribution in [-0.2, 0) is 56.8 Å². The molecule has 6 saturated heterocycles. The molecule has 20 atom stereocenters. The minimum atomic E-state index is -1.73. The standard InChI is InChI=1S/C26H42O20/c1-35-18-10(29)7(3-27)40-24(11(18)30)43-17-9-5-38-21(17)15(34)25(42-9)45-19-12(31)23(39-6-28)46-26(13(19)32)44-16-8-4-37-20(16)14(33)22(36-2)41-8/h7-34H,3-6H2,1-2H3. The third kappa shape index (κ3) is 6.33. The van der Waals surface area contributed by atoms with E-state index in [1.54, 1.807) is 0 Å². The van der Waals surface area contributed by atoms with E-state index >= 15 is 0 Å². The average molecular weight is 675 g/mol. The topological polar surface area (TPSA) is 273 Å². The fraction of sp³-hybridized carbons (Fsp3) is 1.00. The molecule has 0 saturated carbocycles. The maximum absolute atomic E-state index is 11.2. The van der Waals surface area contributed by atoms with Crippen LogP contribution in [0.2, 0.25) is 0 Å². The molecule has 6 heterocycles. The first-order chi connectivity index (χ1) is 22.1. The summed E-state index contributed by atoms with van der Waals surface area (Å²) in [4.78, 5) is 0. The Morgan fingerprint density at radius 3 is 1.59 bits per heavy atom. The Hall–Kier alpha value is -0.800. The van der Waals surface area contributed by atoms with Crippen LogP contribution in [0.1, 0.15) is 0 Å². The van der Waals surface area contributed by atoms with Crippen LogP contribution in [0.5, 0.6) is 0 Å². The summed E-state index contributed by atoms with van der Waals surface area (Å²) in [5, 5.41) is 83.9. The zero-order chi connectivity index (χ0) is 32.9. The SMILES string of the molecule is COC1OC2COC(C1O)C2OC1OC(OCO)C(O)C(OC2OC3COC(C2O)C3OC2OC(CO)C(O)C(OC)C2O)C1O. The van der Waals surface area contributed by atoms with Crippen molar-refractivity contribution >= 4 is 0 Å². The fourth-order valence-corrected chi connectivity index (χ4v) is 6.69. The predicted molar refractivity (Wildman–Crippen MR) is 138 cm³/mol. The summed E-state index contributed by atoms with van der Waals surface area (Å²) < 4.78 is 67.1. The number of hydrogen-bond acceptors (Lipinski definition) is 20. The van der Waals surface area contributed by atoms with E-state index in [-0.39, 0.29) is 13.2 Å². The van der Waals surface area contributed by atoms with E-state index in [0.29, 0.717) is 0 Å². The monoisotopic (exact) mass is 674 g/mol. The van der Waals surface area contributed by atoms with E-state index < -0.39 is 136 Å². The van der Waals surface area contributed by atoms with Gasteiger partial charge >= 0.3 is 0 Å². The lowest BCUT2D eigenvalue weighted by Gasteiger charge is -2.47. The van der Waals surface area contributed by atoms with E-state index in [2.05, 4.69) is 0 Å². The third-order valence-corrected chi connectivity index (χ3v) is 9.07. The maximum atomic E-state index is 11.2. The highest BCUT2D eigenvalue weighted by Crippen LogP contribution is 2.39. The molecule has 6 aliphatic heterocycles. The van der Waals surface area contributed by atoms with Gasteiger partial charge in [-0.1, -0.05) is 0 Å². The second-order valence-electron chi connectivity index (χ2n) is 11.8. The molecule has 0 aromatic heterocycles. The molecule has 6 fully saturated rings. The number of ether oxygens (including phenoxy) is 12. The van der Waals surface area contributed by atoms with Gasteiger partial charge in [0.1, 0.15) is 98.4 Å². The third-order valence-electron chi connectivity index (χ3n) is 9.07. The van der Waals surface area contributed by atoms with E-state index in [1.165, 1.54) is 14.2 Å². The van der Waals surface area contributed by atoms with Gasteiger partial charge in [0.05, 0.1) is 19.8 Å². The highest BCUT2D eigenvalue weighted by Gasteiger charge is 2.59. The summed E-state index contributed by atoms with van der Waals surface area (Å²) in [5.41, 5.74) is 0. The van der Waals surface area contributed by atoms with E-state index in [9.17, 15) is 40.9 Å². The summed E-state index contributed by atoms with van der Waals surface area (Å²) in [6.07, 6.45) is -25.5. The van der Waals surface area contributed by atoms with Gasteiger partial charge in [0.25, 0.3) is 0 Å². The van der Waals surface area contributed by atoms with E-state index in [1.807, 2.05) is 0 Å². The van der Waals surface area contributed by atoms with Gasteiger partial charge in [-0.25, -0.2) is 0 Å². The fourth-order valence-electron chi connectivity index (χ4n) is 6.69. The summed E-state index contributed by atoms with van der Waals surface area (Å²) in [6, 6.07) is 0. The normalized spacial score (nSPS) is 53.9. The zero-order valence-electron chi connectivity index (χ0n) is 24.9. The first-order valence-corrected chi connectivity index (χ1v) is 14.9. The van der Waals surface area contributed by atoms with Gasteiger partial charge < -0.3 is 97.7 Å². The molecular weight excluding hydrogens is 632 g/mol. The maximum Gasteiger partial charge on any atom is 0.191 e. The summed E-state index contributed by atoms with van der Waals surface area (Å²) >= 11 is 0. The first-order valence-electron chi connectivity index (χ1n) is 14.9. The van der Waals surface area contributed by atoms with Gasteiger partial charge in [0, 0.05) is 14.2 Å². The van der Waals surface area contributed by atoms with Crippen LogP contribution in [-0.4, -0.2) is 205 Å². The van der Waals surface area contributed by atoms with Gasteiger partial charge in [0.15, 0.2) is 31.5 Å². The molecule has 20 unspecified atom stereocenters. The highest BCUT2D eigenvalue weighted by molar-refractivity contribution is 5.01.